The predicted molar refractivity (Wildman–Crippen MR) is 115 cm³/mol. The predicted octanol–water partition coefficient (Wildman–Crippen LogP) is 5.49. The van der Waals surface area contributed by atoms with Crippen LogP contribution in [0.4, 0.5) is 0 Å². The largest absolute Gasteiger partial charge is 0.355 e. The Morgan fingerprint density at radius 1 is 0.893 bits per heavy atom. The Hall–Kier alpha value is -3.33. The van der Waals surface area contributed by atoms with Gasteiger partial charge in [0.25, 0.3) is 0 Å². The molecule has 3 aromatic carbocycles. The number of fused-ring (bicyclic) bond motifs is 1. The number of hydrogen-bond acceptors (Lipinski definition) is 1. The minimum Gasteiger partial charge on any atom is -0.355 e. The number of aromatic nitrogens is 1. The molecule has 1 atom stereocenters. The first-order valence-corrected chi connectivity index (χ1v) is 9.75. The molecule has 0 saturated carbocycles. The summed E-state index contributed by atoms with van der Waals surface area (Å²) in [4.78, 5) is 15.6. The zero-order valence-electron chi connectivity index (χ0n) is 16.0. The SMILES string of the molecule is CCC(=O)NCC(c1ccccc1)c1c(-c2ccccc2)[nH]c2ccccc12. The zero-order valence-corrected chi connectivity index (χ0v) is 16.0. The van der Waals surface area contributed by atoms with Crippen molar-refractivity contribution in [2.45, 2.75) is 19.3 Å². The molecule has 1 heterocycles. The lowest BCUT2D eigenvalue weighted by atomic mass is 9.87. The summed E-state index contributed by atoms with van der Waals surface area (Å²) < 4.78 is 0. The Kier molecular flexibility index (Phi) is 5.24. The lowest BCUT2D eigenvalue weighted by Gasteiger charge is -2.20. The number of aromatic amines is 1. The molecule has 3 heteroatoms. The second-order valence-corrected chi connectivity index (χ2v) is 6.95. The Balaban J connectivity index is 1.90. The minimum absolute atomic E-state index is 0.0584. The van der Waals surface area contributed by atoms with E-state index in [4.69, 9.17) is 0 Å². The van der Waals surface area contributed by atoms with Crippen molar-refractivity contribution in [2.75, 3.05) is 6.54 Å². The fraction of sp³-hybridized carbons (Fsp3) is 0.160. The van der Waals surface area contributed by atoms with Crippen LogP contribution in [0.3, 0.4) is 0 Å². The van der Waals surface area contributed by atoms with Gasteiger partial charge in [-0.15, -0.1) is 0 Å². The molecule has 1 aromatic heterocycles. The van der Waals surface area contributed by atoms with Gasteiger partial charge in [-0.05, 0) is 22.8 Å². The second kappa shape index (κ2) is 8.13. The van der Waals surface area contributed by atoms with Gasteiger partial charge < -0.3 is 10.3 Å². The van der Waals surface area contributed by atoms with Gasteiger partial charge >= 0.3 is 0 Å². The number of carbonyl (C=O) groups is 1. The summed E-state index contributed by atoms with van der Waals surface area (Å²) in [7, 11) is 0. The summed E-state index contributed by atoms with van der Waals surface area (Å²) in [6.45, 7) is 2.45. The van der Waals surface area contributed by atoms with E-state index in [1.165, 1.54) is 16.5 Å². The fourth-order valence-electron chi connectivity index (χ4n) is 3.77. The van der Waals surface area contributed by atoms with Crippen molar-refractivity contribution in [3.63, 3.8) is 0 Å². The quantitative estimate of drug-likeness (QED) is 0.464. The van der Waals surface area contributed by atoms with E-state index in [0.717, 1.165) is 16.8 Å². The molecule has 28 heavy (non-hydrogen) atoms. The van der Waals surface area contributed by atoms with Gasteiger partial charge in [0.1, 0.15) is 0 Å². The Morgan fingerprint density at radius 3 is 2.25 bits per heavy atom. The molecule has 1 amide bonds. The smallest absolute Gasteiger partial charge is 0.219 e. The highest BCUT2D eigenvalue weighted by Crippen LogP contribution is 2.38. The van der Waals surface area contributed by atoms with Gasteiger partial charge in [-0.2, -0.15) is 0 Å². The summed E-state index contributed by atoms with van der Waals surface area (Å²) in [5.41, 5.74) is 5.79. The van der Waals surface area contributed by atoms with Gasteiger partial charge in [0.15, 0.2) is 0 Å². The van der Waals surface area contributed by atoms with Crippen LogP contribution >= 0.6 is 0 Å². The summed E-state index contributed by atoms with van der Waals surface area (Å²) in [5.74, 6) is 0.130. The average Bonchev–Trinajstić information content (AvgIpc) is 3.15. The molecule has 0 aliphatic carbocycles. The maximum absolute atomic E-state index is 12.0. The van der Waals surface area contributed by atoms with Crippen molar-refractivity contribution in [1.82, 2.24) is 10.3 Å². The molecule has 4 rings (SSSR count). The summed E-state index contributed by atoms with van der Waals surface area (Å²) in [5, 5.41) is 4.31. The Bertz CT molecular complexity index is 1070. The average molecular weight is 368 g/mol. The van der Waals surface area contributed by atoms with Crippen LogP contribution in [0.2, 0.25) is 0 Å². The summed E-state index contributed by atoms with van der Waals surface area (Å²) in [6, 6.07) is 29.2. The van der Waals surface area contributed by atoms with Gasteiger partial charge in [0, 0.05) is 29.8 Å². The number of para-hydroxylation sites is 1. The maximum Gasteiger partial charge on any atom is 0.219 e. The molecule has 0 radical (unpaired) electrons. The van der Waals surface area contributed by atoms with Gasteiger partial charge in [-0.1, -0.05) is 85.8 Å². The topological polar surface area (TPSA) is 44.9 Å². The van der Waals surface area contributed by atoms with Crippen LogP contribution in [0.5, 0.6) is 0 Å². The number of carbonyl (C=O) groups excluding carboxylic acids is 1. The second-order valence-electron chi connectivity index (χ2n) is 6.95. The molecule has 1 unspecified atom stereocenters. The number of hydrogen-bond donors (Lipinski definition) is 2. The fourth-order valence-corrected chi connectivity index (χ4v) is 3.77. The lowest BCUT2D eigenvalue weighted by molar-refractivity contribution is -0.120. The molecule has 0 aliphatic rings. The number of nitrogens with one attached hydrogen (secondary N) is 2. The van der Waals surface area contributed by atoms with Crippen molar-refractivity contribution in [1.29, 1.82) is 0 Å². The van der Waals surface area contributed by atoms with Crippen LogP contribution in [-0.4, -0.2) is 17.4 Å². The first-order valence-electron chi connectivity index (χ1n) is 9.75. The molecule has 0 bridgehead atoms. The Labute approximate surface area is 165 Å². The highest BCUT2D eigenvalue weighted by atomic mass is 16.1. The van der Waals surface area contributed by atoms with E-state index in [1.54, 1.807) is 0 Å². The Morgan fingerprint density at radius 2 is 1.54 bits per heavy atom. The van der Waals surface area contributed by atoms with Crippen LogP contribution in [0.1, 0.15) is 30.4 Å². The normalized spacial score (nSPS) is 12.0. The van der Waals surface area contributed by atoms with E-state index in [9.17, 15) is 4.79 Å². The molecule has 0 fully saturated rings. The number of rotatable bonds is 6. The van der Waals surface area contributed by atoms with Crippen LogP contribution in [0.15, 0.2) is 84.9 Å². The molecule has 0 saturated heterocycles. The van der Waals surface area contributed by atoms with E-state index in [2.05, 4.69) is 77.0 Å². The van der Waals surface area contributed by atoms with Crippen molar-refractivity contribution in [3.05, 3.63) is 96.1 Å². The van der Waals surface area contributed by atoms with Crippen LogP contribution in [0.25, 0.3) is 22.2 Å². The highest BCUT2D eigenvalue weighted by molar-refractivity contribution is 5.92. The van der Waals surface area contributed by atoms with Gasteiger partial charge in [0.05, 0.1) is 5.69 Å². The maximum atomic E-state index is 12.0. The third-order valence-corrected chi connectivity index (χ3v) is 5.18. The van der Waals surface area contributed by atoms with E-state index in [1.807, 2.05) is 25.1 Å². The number of benzene rings is 3. The van der Waals surface area contributed by atoms with Crippen molar-refractivity contribution in [2.24, 2.45) is 0 Å². The van der Waals surface area contributed by atoms with Crippen molar-refractivity contribution >= 4 is 16.8 Å². The lowest BCUT2D eigenvalue weighted by Crippen LogP contribution is -2.28. The number of amides is 1. The zero-order chi connectivity index (χ0) is 19.3. The highest BCUT2D eigenvalue weighted by Gasteiger charge is 2.23. The first-order chi connectivity index (χ1) is 13.8. The molecular formula is C25H24N2O. The van der Waals surface area contributed by atoms with E-state index < -0.39 is 0 Å². The third-order valence-electron chi connectivity index (χ3n) is 5.18. The van der Waals surface area contributed by atoms with Gasteiger partial charge in [-0.25, -0.2) is 0 Å². The molecular weight excluding hydrogens is 344 g/mol. The van der Waals surface area contributed by atoms with Crippen LogP contribution in [-0.2, 0) is 4.79 Å². The van der Waals surface area contributed by atoms with E-state index >= 15 is 0 Å². The summed E-state index contributed by atoms with van der Waals surface area (Å²) in [6.07, 6.45) is 0.487. The van der Waals surface area contributed by atoms with Crippen LogP contribution < -0.4 is 5.32 Å². The molecule has 140 valence electrons. The van der Waals surface area contributed by atoms with Gasteiger partial charge in [0.2, 0.25) is 5.91 Å². The first kappa shape index (κ1) is 18.1. The van der Waals surface area contributed by atoms with Crippen molar-refractivity contribution in [3.8, 4) is 11.3 Å². The summed E-state index contributed by atoms with van der Waals surface area (Å²) >= 11 is 0. The van der Waals surface area contributed by atoms with E-state index in [-0.39, 0.29) is 11.8 Å². The molecule has 3 nitrogen and oxygen atoms in total. The minimum atomic E-state index is 0.0584. The van der Waals surface area contributed by atoms with Crippen molar-refractivity contribution < 1.29 is 4.79 Å². The molecule has 0 spiro atoms. The monoisotopic (exact) mass is 368 g/mol. The molecule has 2 N–H and O–H groups in total. The standard InChI is InChI=1S/C25H24N2O/c1-2-23(28)26-17-21(18-11-5-3-6-12-18)24-20-15-9-10-16-22(20)27-25(24)19-13-7-4-8-14-19/h3-16,21,27H,2,17H2,1H3,(H,26,28). The van der Waals surface area contributed by atoms with Crippen LogP contribution in [0, 0.1) is 0 Å². The van der Waals surface area contributed by atoms with E-state index in [0.29, 0.717) is 13.0 Å². The third kappa shape index (κ3) is 3.56. The molecule has 4 aromatic rings. The molecule has 0 aliphatic heterocycles. The van der Waals surface area contributed by atoms with Gasteiger partial charge in [-0.3, -0.25) is 4.79 Å². The number of H-pyrrole nitrogens is 1.